The predicted molar refractivity (Wildman–Crippen MR) is 88.8 cm³/mol. The summed E-state index contributed by atoms with van der Waals surface area (Å²) in [5.41, 5.74) is 0.899. The predicted octanol–water partition coefficient (Wildman–Crippen LogP) is 2.04. The molecule has 8 heteroatoms. The second kappa shape index (κ2) is 6.82. The number of aromatic nitrogens is 1. The minimum atomic E-state index is -1.07. The van der Waals surface area contributed by atoms with Gasteiger partial charge in [-0.2, -0.15) is 11.8 Å². The lowest BCUT2D eigenvalue weighted by Crippen LogP contribution is -2.39. The van der Waals surface area contributed by atoms with Gasteiger partial charge in [0.25, 0.3) is 0 Å². The zero-order chi connectivity index (χ0) is 17.3. The van der Waals surface area contributed by atoms with E-state index in [0.717, 1.165) is 11.5 Å². The van der Waals surface area contributed by atoms with Crippen molar-refractivity contribution in [2.24, 2.45) is 0 Å². The number of carboxylic acid groups (broad SMARTS) is 2. The highest BCUT2D eigenvalue weighted by molar-refractivity contribution is 7.99. The van der Waals surface area contributed by atoms with Gasteiger partial charge in [-0.25, -0.2) is 4.39 Å². The van der Waals surface area contributed by atoms with Crippen molar-refractivity contribution in [2.75, 3.05) is 24.6 Å². The molecule has 1 aromatic carbocycles. The van der Waals surface area contributed by atoms with Crippen LogP contribution in [0, 0.1) is 5.82 Å². The first-order chi connectivity index (χ1) is 11.5. The molecule has 1 aliphatic rings. The molecule has 1 saturated heterocycles. The van der Waals surface area contributed by atoms with E-state index in [1.165, 1.54) is 29.0 Å². The summed E-state index contributed by atoms with van der Waals surface area (Å²) in [7, 11) is 0. The number of nitrogens with zero attached hydrogens (tertiary/aromatic N) is 2. The lowest BCUT2D eigenvalue weighted by Gasteiger charge is -2.31. The van der Waals surface area contributed by atoms with Gasteiger partial charge in [0.1, 0.15) is 18.4 Å². The normalized spacial score (nSPS) is 17.0. The molecule has 2 N–H and O–H groups in total. The van der Waals surface area contributed by atoms with E-state index in [-0.39, 0.29) is 6.54 Å². The summed E-state index contributed by atoms with van der Waals surface area (Å²) in [6, 6.07) is 3.16. The SMILES string of the molecule is O=C(O)Cn1cc([C@@H](C(=O)O)N2CCSCC2)c2ccc(F)cc21. The minimum Gasteiger partial charge on any atom is -0.480 e. The number of hydrogen-bond donors (Lipinski definition) is 2. The Labute approximate surface area is 141 Å². The van der Waals surface area contributed by atoms with Crippen LogP contribution in [0.15, 0.2) is 24.4 Å². The van der Waals surface area contributed by atoms with Crippen molar-refractivity contribution in [1.82, 2.24) is 9.47 Å². The van der Waals surface area contributed by atoms with Gasteiger partial charge in [0, 0.05) is 41.7 Å². The third kappa shape index (κ3) is 3.25. The van der Waals surface area contributed by atoms with Gasteiger partial charge in [0.15, 0.2) is 0 Å². The molecule has 0 bridgehead atoms. The molecule has 1 fully saturated rings. The Morgan fingerprint density at radius 2 is 1.96 bits per heavy atom. The topological polar surface area (TPSA) is 82.8 Å². The fourth-order valence-corrected chi connectivity index (χ4v) is 4.04. The fourth-order valence-electron chi connectivity index (χ4n) is 3.11. The Hall–Kier alpha value is -2.06. The molecule has 1 aromatic heterocycles. The van der Waals surface area contributed by atoms with E-state index in [4.69, 9.17) is 5.11 Å². The zero-order valence-electron chi connectivity index (χ0n) is 12.8. The molecule has 24 heavy (non-hydrogen) atoms. The van der Waals surface area contributed by atoms with Gasteiger partial charge < -0.3 is 14.8 Å². The average molecular weight is 352 g/mol. The number of thioether (sulfide) groups is 1. The van der Waals surface area contributed by atoms with E-state index in [2.05, 4.69) is 0 Å². The third-order valence-electron chi connectivity index (χ3n) is 4.12. The maximum atomic E-state index is 13.6. The van der Waals surface area contributed by atoms with Gasteiger partial charge in [0.2, 0.25) is 0 Å². The van der Waals surface area contributed by atoms with Crippen LogP contribution < -0.4 is 0 Å². The van der Waals surface area contributed by atoms with Crippen LogP contribution in [0.5, 0.6) is 0 Å². The summed E-state index contributed by atoms with van der Waals surface area (Å²) < 4.78 is 15.0. The first-order valence-corrected chi connectivity index (χ1v) is 8.67. The van der Waals surface area contributed by atoms with Crippen molar-refractivity contribution in [3.8, 4) is 0 Å². The van der Waals surface area contributed by atoms with Crippen LogP contribution in [0.4, 0.5) is 4.39 Å². The highest BCUT2D eigenvalue weighted by atomic mass is 32.2. The van der Waals surface area contributed by atoms with Crippen LogP contribution in [0.3, 0.4) is 0 Å². The van der Waals surface area contributed by atoms with Crippen molar-refractivity contribution in [3.63, 3.8) is 0 Å². The van der Waals surface area contributed by atoms with Crippen molar-refractivity contribution in [2.45, 2.75) is 12.6 Å². The lowest BCUT2D eigenvalue weighted by molar-refractivity contribution is -0.143. The molecule has 0 aliphatic carbocycles. The molecule has 0 amide bonds. The van der Waals surface area contributed by atoms with Gasteiger partial charge in [-0.1, -0.05) is 0 Å². The Morgan fingerprint density at radius 1 is 1.25 bits per heavy atom. The van der Waals surface area contributed by atoms with E-state index in [1.54, 1.807) is 11.8 Å². The van der Waals surface area contributed by atoms with Crippen LogP contribution >= 0.6 is 11.8 Å². The lowest BCUT2D eigenvalue weighted by atomic mass is 10.0. The molecule has 1 atom stereocenters. The van der Waals surface area contributed by atoms with Crippen LogP contribution in [-0.4, -0.2) is 56.2 Å². The van der Waals surface area contributed by atoms with Gasteiger partial charge in [-0.05, 0) is 18.2 Å². The Morgan fingerprint density at radius 3 is 2.58 bits per heavy atom. The Kier molecular flexibility index (Phi) is 4.77. The molecule has 1 aliphatic heterocycles. The molecule has 0 spiro atoms. The van der Waals surface area contributed by atoms with E-state index in [0.29, 0.717) is 29.6 Å². The number of fused-ring (bicyclic) bond motifs is 1. The molecular weight excluding hydrogens is 335 g/mol. The summed E-state index contributed by atoms with van der Waals surface area (Å²) >= 11 is 1.78. The summed E-state index contributed by atoms with van der Waals surface area (Å²) in [5.74, 6) is -0.831. The molecule has 6 nitrogen and oxygen atoms in total. The molecule has 0 radical (unpaired) electrons. The average Bonchev–Trinajstić information content (AvgIpc) is 2.85. The Balaban J connectivity index is 2.12. The number of hydrogen-bond acceptors (Lipinski definition) is 4. The molecule has 128 valence electrons. The van der Waals surface area contributed by atoms with Crippen molar-refractivity contribution < 1.29 is 24.2 Å². The number of carboxylic acids is 2. The zero-order valence-corrected chi connectivity index (χ0v) is 13.6. The maximum absolute atomic E-state index is 13.6. The van der Waals surface area contributed by atoms with E-state index < -0.39 is 23.8 Å². The number of aliphatic carboxylic acids is 2. The monoisotopic (exact) mass is 352 g/mol. The van der Waals surface area contributed by atoms with E-state index >= 15 is 0 Å². The summed E-state index contributed by atoms with van der Waals surface area (Å²) in [6.07, 6.45) is 1.53. The van der Waals surface area contributed by atoms with Crippen molar-refractivity contribution >= 4 is 34.6 Å². The molecule has 2 aromatic rings. The van der Waals surface area contributed by atoms with Crippen LogP contribution in [-0.2, 0) is 16.1 Å². The second-order valence-corrected chi connectivity index (χ2v) is 6.88. The van der Waals surface area contributed by atoms with Gasteiger partial charge in [0.05, 0.1) is 5.52 Å². The number of benzene rings is 1. The molecule has 3 rings (SSSR count). The highest BCUT2D eigenvalue weighted by Crippen LogP contribution is 2.32. The first-order valence-electron chi connectivity index (χ1n) is 7.52. The summed E-state index contributed by atoms with van der Waals surface area (Å²) in [6.45, 7) is 0.949. The summed E-state index contributed by atoms with van der Waals surface area (Å²) in [5, 5.41) is 19.4. The number of halogens is 1. The Bertz CT molecular complexity index is 786. The first kappa shape index (κ1) is 16.8. The third-order valence-corrected chi connectivity index (χ3v) is 5.06. The van der Waals surface area contributed by atoms with Crippen LogP contribution in [0.2, 0.25) is 0 Å². The van der Waals surface area contributed by atoms with Crippen LogP contribution in [0.25, 0.3) is 10.9 Å². The van der Waals surface area contributed by atoms with Crippen molar-refractivity contribution in [3.05, 3.63) is 35.8 Å². The van der Waals surface area contributed by atoms with Gasteiger partial charge in [-0.15, -0.1) is 0 Å². The smallest absolute Gasteiger partial charge is 0.325 e. The largest absolute Gasteiger partial charge is 0.480 e. The summed E-state index contributed by atoms with van der Waals surface area (Å²) in [4.78, 5) is 24.8. The van der Waals surface area contributed by atoms with Gasteiger partial charge >= 0.3 is 11.9 Å². The fraction of sp³-hybridized carbons (Fsp3) is 0.375. The van der Waals surface area contributed by atoms with E-state index in [1.807, 2.05) is 4.90 Å². The highest BCUT2D eigenvalue weighted by Gasteiger charge is 2.31. The number of rotatable bonds is 5. The van der Waals surface area contributed by atoms with Gasteiger partial charge in [-0.3, -0.25) is 14.5 Å². The quantitative estimate of drug-likeness (QED) is 0.857. The minimum absolute atomic E-state index is 0.345. The molecule has 2 heterocycles. The van der Waals surface area contributed by atoms with Crippen molar-refractivity contribution in [1.29, 1.82) is 0 Å². The van der Waals surface area contributed by atoms with Crippen LogP contribution in [0.1, 0.15) is 11.6 Å². The molecule has 0 unspecified atom stereocenters. The standard InChI is InChI=1S/C16H17FN2O4S/c17-10-1-2-11-12(8-19(9-14(20)21)13(11)7-10)15(16(22)23)18-3-5-24-6-4-18/h1-2,7-8,15H,3-6,9H2,(H,20,21)(H,22,23)/t15-/m0/s1. The van der Waals surface area contributed by atoms with E-state index in [9.17, 15) is 19.1 Å². The molecular formula is C16H17FN2O4S. The maximum Gasteiger partial charge on any atom is 0.325 e. The number of carbonyl (C=O) groups is 2. The molecule has 0 saturated carbocycles. The second-order valence-electron chi connectivity index (χ2n) is 5.66.